The van der Waals surface area contributed by atoms with Crippen LogP contribution in [0, 0.1) is 59.6 Å². The van der Waals surface area contributed by atoms with Crippen molar-refractivity contribution in [3.05, 3.63) is 35.9 Å². The molecule has 0 saturated heterocycles. The summed E-state index contributed by atoms with van der Waals surface area (Å²) in [6, 6.07) is 9.21. The van der Waals surface area contributed by atoms with Crippen LogP contribution < -0.4 is 37.2 Å². The quantitative estimate of drug-likeness (QED) is 0.0848. The summed E-state index contributed by atoms with van der Waals surface area (Å²) in [5, 5.41) is 18.2. The van der Waals surface area contributed by atoms with Gasteiger partial charge in [-0.1, -0.05) is 313 Å². The minimum absolute atomic E-state index is 0. The van der Waals surface area contributed by atoms with Crippen molar-refractivity contribution in [2.75, 3.05) is 46.0 Å². The molecule has 8 amide bonds. The van der Waals surface area contributed by atoms with Gasteiger partial charge in [-0.3, -0.25) is 33.6 Å². The van der Waals surface area contributed by atoms with Gasteiger partial charge < -0.3 is 46.9 Å². The number of nitrogens with zero attached hydrogens (tertiary/aromatic N) is 1. The van der Waals surface area contributed by atoms with E-state index in [0.29, 0.717) is 40.6 Å². The Labute approximate surface area is 672 Å². The largest absolute Gasteiger partial charge is 0.450 e. The molecular weight excluding hydrogens is 1400 g/mol. The molecule has 1 rings (SSSR count). The second-order valence-corrected chi connectivity index (χ2v) is 44.4. The standard InChI is InChI=1S/C11H14O.C11H24.C10H21N3O2.C9H18N2O3.C9H18N2O2S.C9H19NO.C9H18O.C8H18O2S.C5H12.2C2H6.CH4/c1-11(2,3)10(12)9-7-5-4-6-8-9;1-9(2,3)11(7,8)10(4,5)6;1-6-13(5)9(15)12-7-11-8(14)10(2,3)4;2*1-5-14-8(13)11-6-10-7(12)9(2,3)4;1-8(2,3)7(11)10-9(4,5)6;1-8(2,3)7(10)9(4,5)6;1-7(2,3)11(9,10)8(4,5)6;1-5(2,3)4;2*1-2;/h4-8H,1-3H3;1-8H3;6-7H2,1-5H3,(H,11,14)(H,12,15);2*5-6H2,1-4H3,(H,10,12)(H,11,13);1-6H3,(H,10,11);1-6H3;1-6H3;1-4H3;2*1-2H3;1H4. The van der Waals surface area contributed by atoms with Crippen LogP contribution in [-0.2, 0) is 38.5 Å². The van der Waals surface area contributed by atoms with Crippen molar-refractivity contribution in [3.63, 3.8) is 0 Å². The van der Waals surface area contributed by atoms with Crippen LogP contribution in [0.15, 0.2) is 30.3 Å². The number of nitrogens with one attached hydrogen (secondary N) is 7. The van der Waals surface area contributed by atoms with Crippen LogP contribution in [0.1, 0.15) is 357 Å². The normalized spacial score (nSPS) is 11.8. The Morgan fingerprint density at radius 2 is 0.694 bits per heavy atom. The number of benzene rings is 1. The van der Waals surface area contributed by atoms with E-state index in [0.717, 1.165) is 11.3 Å². The molecular formula is C86H178N8O12S2. The van der Waals surface area contributed by atoms with E-state index in [1.54, 1.807) is 76.3 Å². The first-order valence-corrected chi connectivity index (χ1v) is 40.7. The van der Waals surface area contributed by atoms with Crippen LogP contribution in [0.25, 0.3) is 0 Å². The second-order valence-electron chi connectivity index (χ2n) is 39.7. The van der Waals surface area contributed by atoms with Gasteiger partial charge in [-0.25, -0.2) is 18.0 Å². The minimum Gasteiger partial charge on any atom is -0.450 e. The van der Waals surface area contributed by atoms with E-state index in [1.807, 2.05) is 217 Å². The number of sulfone groups is 1. The highest BCUT2D eigenvalue weighted by molar-refractivity contribution is 8.13. The highest BCUT2D eigenvalue weighted by Gasteiger charge is 2.43. The molecule has 1 aromatic rings. The van der Waals surface area contributed by atoms with Gasteiger partial charge in [0.15, 0.2) is 15.6 Å². The smallest absolute Gasteiger partial charge is 0.408 e. The zero-order chi connectivity index (χ0) is 89.0. The highest BCUT2D eigenvalue weighted by atomic mass is 32.2. The van der Waals surface area contributed by atoms with Crippen LogP contribution in [0.3, 0.4) is 0 Å². The lowest BCUT2D eigenvalue weighted by Crippen LogP contribution is -2.46. The Bertz CT molecular complexity index is 2660. The third kappa shape index (κ3) is 69.9. The molecule has 7 N–H and O–H groups in total. The number of Topliss-reactive ketones (excluding diaryl/α,β-unsaturated/α-hetero) is 2. The lowest BCUT2D eigenvalue weighted by atomic mass is 9.56. The van der Waals surface area contributed by atoms with Gasteiger partial charge in [0.25, 0.3) is 5.24 Å². The lowest BCUT2D eigenvalue weighted by Gasteiger charge is -2.49. The van der Waals surface area contributed by atoms with Crippen LogP contribution in [-0.4, -0.2) is 127 Å². The average Bonchev–Trinajstić information content (AvgIpc) is 0.795. The number of ether oxygens (including phenoxy) is 1. The SMILES string of the molecule is C.CC.CC.CC(C)(C)C.CC(C)(C)C(=O)C(C)(C)C.CC(C)(C)C(=O)c1ccccc1.CC(C)(C)C(C)(C)C(C)(C)C.CC(C)(C)NC(=O)C(C)(C)C.CC(C)(C)S(=O)(=O)C(C)(C)C.CCN(C)C(=O)NCNC(=O)C(C)(C)C.CCOC(=O)NCNC(=O)C(C)(C)C.CCSC(=O)NCNC(=O)C(C)(C)C. The molecule has 0 aliphatic heterocycles. The Balaban J connectivity index is -0.000000109. The predicted octanol–water partition coefficient (Wildman–Crippen LogP) is 21.5. The molecule has 0 aromatic heterocycles. The van der Waals surface area contributed by atoms with E-state index >= 15 is 0 Å². The molecule has 1 aromatic carbocycles. The van der Waals surface area contributed by atoms with Gasteiger partial charge in [-0.2, -0.15) is 0 Å². The number of ketones is 2. The minimum atomic E-state index is -3.01. The molecule has 0 fully saturated rings. The molecule has 0 saturated carbocycles. The summed E-state index contributed by atoms with van der Waals surface area (Å²) in [7, 11) is -1.32. The number of thioether (sulfide) groups is 1. The fourth-order valence-electron chi connectivity index (χ4n) is 6.75. The molecule has 0 heterocycles. The fraction of sp³-hybridized carbons (Fsp3) is 0.826. The van der Waals surface area contributed by atoms with E-state index in [-0.39, 0.29) is 95.3 Å². The fourth-order valence-corrected chi connectivity index (χ4v) is 9.02. The van der Waals surface area contributed by atoms with Crippen molar-refractivity contribution in [2.24, 2.45) is 59.6 Å². The number of hydrogen-bond donors (Lipinski definition) is 7. The monoisotopic (exact) mass is 1580 g/mol. The maximum Gasteiger partial charge on any atom is 0.408 e. The van der Waals surface area contributed by atoms with Gasteiger partial charge in [-0.05, 0) is 104 Å². The van der Waals surface area contributed by atoms with Crippen LogP contribution in [0.5, 0.6) is 0 Å². The second kappa shape index (κ2) is 54.4. The molecule has 108 heavy (non-hydrogen) atoms. The maximum absolute atomic E-state index is 11.7. The topological polar surface area (TPSA) is 284 Å². The van der Waals surface area contributed by atoms with Gasteiger partial charge >= 0.3 is 12.1 Å². The molecule has 0 spiro atoms. The predicted molar refractivity (Wildman–Crippen MR) is 468 cm³/mol. The van der Waals surface area contributed by atoms with E-state index < -0.39 is 41.7 Å². The van der Waals surface area contributed by atoms with Crippen molar-refractivity contribution < 1.29 is 56.3 Å². The van der Waals surface area contributed by atoms with Crippen molar-refractivity contribution in [2.45, 2.75) is 362 Å². The van der Waals surface area contributed by atoms with Gasteiger partial charge in [0.1, 0.15) is 5.78 Å². The van der Waals surface area contributed by atoms with E-state index in [9.17, 15) is 51.6 Å². The molecule has 0 aliphatic carbocycles. The number of hydrogen-bond acceptors (Lipinski definition) is 13. The Kier molecular flexibility index (Phi) is 63.7. The van der Waals surface area contributed by atoms with Gasteiger partial charge in [0.05, 0.1) is 36.1 Å². The van der Waals surface area contributed by atoms with Gasteiger partial charge in [-0.15, -0.1) is 0 Å². The van der Waals surface area contributed by atoms with E-state index in [4.69, 9.17) is 0 Å². The third-order valence-electron chi connectivity index (χ3n) is 14.5. The number of amides is 8. The lowest BCUT2D eigenvalue weighted by molar-refractivity contribution is -0.134. The zero-order valence-electron chi connectivity index (χ0n) is 78.8. The van der Waals surface area contributed by atoms with Crippen LogP contribution in [0.2, 0.25) is 0 Å². The number of alkyl carbamates (subject to hydrolysis) is 1. The summed E-state index contributed by atoms with van der Waals surface area (Å²) >= 11 is 1.19. The summed E-state index contributed by atoms with van der Waals surface area (Å²) < 4.78 is 26.7. The molecule has 22 heteroatoms. The zero-order valence-corrected chi connectivity index (χ0v) is 80.4. The molecule has 0 atom stereocenters. The van der Waals surface area contributed by atoms with Crippen molar-refractivity contribution in [1.82, 2.24) is 42.1 Å². The number of urea groups is 1. The number of rotatable bonds is 10. The summed E-state index contributed by atoms with van der Waals surface area (Å²) in [4.78, 5) is 103. The van der Waals surface area contributed by atoms with Gasteiger partial charge in [0, 0.05) is 62.6 Å². The maximum atomic E-state index is 11.7. The molecule has 0 aliphatic rings. The van der Waals surface area contributed by atoms with Crippen molar-refractivity contribution in [3.8, 4) is 0 Å². The Morgan fingerprint density at radius 3 is 0.880 bits per heavy atom. The Morgan fingerprint density at radius 1 is 0.407 bits per heavy atom. The average molecular weight is 1580 g/mol. The summed E-state index contributed by atoms with van der Waals surface area (Å²) in [6.45, 7) is 98.2. The number of carbonyl (C=O) groups is 9. The first kappa shape index (κ1) is 126. The van der Waals surface area contributed by atoms with Crippen LogP contribution >= 0.6 is 11.8 Å². The first-order chi connectivity index (χ1) is 46.8. The van der Waals surface area contributed by atoms with Gasteiger partial charge in [0.2, 0.25) is 23.6 Å². The number of carbonyl (C=O) groups excluding carboxylic acids is 9. The van der Waals surface area contributed by atoms with Crippen LogP contribution in [0.4, 0.5) is 14.4 Å². The highest BCUT2D eigenvalue weighted by Crippen LogP contribution is 2.50. The van der Waals surface area contributed by atoms with Crippen molar-refractivity contribution >= 4 is 74.2 Å². The summed E-state index contributed by atoms with van der Waals surface area (Å²) in [5.74, 6) is 1.09. The molecule has 0 radical (unpaired) electrons. The molecule has 646 valence electrons. The summed E-state index contributed by atoms with van der Waals surface area (Å²) in [5.41, 5.74) is 0.0665. The first-order valence-electron chi connectivity index (χ1n) is 38.2. The third-order valence-corrected chi connectivity index (χ3v) is 18.4. The van der Waals surface area contributed by atoms with E-state index in [2.05, 4.69) is 125 Å². The molecule has 0 unspecified atom stereocenters. The Hall–Kier alpha value is -5.25. The van der Waals surface area contributed by atoms with E-state index in [1.165, 1.54) is 16.7 Å². The molecule has 0 bridgehead atoms. The molecule has 20 nitrogen and oxygen atoms in total. The summed E-state index contributed by atoms with van der Waals surface area (Å²) in [6.07, 6.45) is -0.526. The van der Waals surface area contributed by atoms with Crippen molar-refractivity contribution in [1.29, 1.82) is 0 Å².